The molecule has 0 aliphatic rings. The third-order valence-electron chi connectivity index (χ3n) is 2.60. The molecular weight excluding hydrogens is 236 g/mol. The maximum Gasteiger partial charge on any atom is 0.185 e. The molecule has 17 heavy (non-hydrogen) atoms. The van der Waals surface area contributed by atoms with E-state index in [-0.39, 0.29) is 0 Å². The van der Waals surface area contributed by atoms with E-state index < -0.39 is 0 Å². The highest BCUT2D eigenvalue weighted by molar-refractivity contribution is 6.33. The van der Waals surface area contributed by atoms with Crippen LogP contribution in [0.25, 0.3) is 17.0 Å². The number of halogens is 1. The third kappa shape index (κ3) is 1.54. The fraction of sp³-hybridized carbons (Fsp3) is 0. The zero-order valence-electron chi connectivity index (χ0n) is 8.84. The molecule has 84 valence electrons. The molecule has 0 amide bonds. The first-order valence-electron chi connectivity index (χ1n) is 5.11. The molecule has 2 heterocycles. The van der Waals surface area contributed by atoms with Crippen molar-refractivity contribution in [2.24, 2.45) is 0 Å². The SMILES string of the molecule is Nc1c(Cl)ccn2c(-c3ccccc3)nnc12. The van der Waals surface area contributed by atoms with Gasteiger partial charge in [0.1, 0.15) is 0 Å². The van der Waals surface area contributed by atoms with Crippen LogP contribution in [0, 0.1) is 0 Å². The van der Waals surface area contributed by atoms with Gasteiger partial charge in [-0.15, -0.1) is 10.2 Å². The van der Waals surface area contributed by atoms with Gasteiger partial charge in [-0.2, -0.15) is 0 Å². The first kappa shape index (κ1) is 10.1. The number of rotatable bonds is 1. The molecule has 0 bridgehead atoms. The van der Waals surface area contributed by atoms with E-state index in [4.69, 9.17) is 17.3 Å². The lowest BCUT2D eigenvalue weighted by molar-refractivity contribution is 1.11. The summed E-state index contributed by atoms with van der Waals surface area (Å²) in [6.45, 7) is 0. The highest BCUT2D eigenvalue weighted by Gasteiger charge is 2.11. The first-order chi connectivity index (χ1) is 8.27. The molecule has 1 aromatic carbocycles. The van der Waals surface area contributed by atoms with E-state index in [1.807, 2.05) is 40.9 Å². The molecule has 0 unspecified atom stereocenters. The van der Waals surface area contributed by atoms with Crippen LogP contribution >= 0.6 is 11.6 Å². The second-order valence-corrected chi connectivity index (χ2v) is 4.07. The van der Waals surface area contributed by atoms with Gasteiger partial charge in [0.15, 0.2) is 11.5 Å². The molecule has 5 heteroatoms. The maximum atomic E-state index is 5.94. The van der Waals surface area contributed by atoms with E-state index in [0.717, 1.165) is 11.4 Å². The summed E-state index contributed by atoms with van der Waals surface area (Å²) >= 11 is 5.94. The van der Waals surface area contributed by atoms with Gasteiger partial charge in [0.2, 0.25) is 0 Å². The number of hydrogen-bond acceptors (Lipinski definition) is 3. The average molecular weight is 245 g/mol. The van der Waals surface area contributed by atoms with E-state index in [9.17, 15) is 0 Å². The zero-order chi connectivity index (χ0) is 11.8. The number of hydrogen-bond donors (Lipinski definition) is 1. The molecule has 0 radical (unpaired) electrons. The lowest BCUT2D eigenvalue weighted by Gasteiger charge is -2.02. The van der Waals surface area contributed by atoms with E-state index in [0.29, 0.717) is 16.4 Å². The van der Waals surface area contributed by atoms with Crippen LogP contribution in [0.15, 0.2) is 42.6 Å². The van der Waals surface area contributed by atoms with Crippen molar-refractivity contribution in [1.29, 1.82) is 0 Å². The summed E-state index contributed by atoms with van der Waals surface area (Å²) in [4.78, 5) is 0. The smallest absolute Gasteiger partial charge is 0.185 e. The van der Waals surface area contributed by atoms with E-state index in [1.54, 1.807) is 6.07 Å². The quantitative estimate of drug-likeness (QED) is 0.716. The van der Waals surface area contributed by atoms with E-state index >= 15 is 0 Å². The molecule has 0 spiro atoms. The van der Waals surface area contributed by atoms with Gasteiger partial charge in [-0.25, -0.2) is 0 Å². The van der Waals surface area contributed by atoms with Crippen molar-refractivity contribution in [1.82, 2.24) is 14.6 Å². The summed E-state index contributed by atoms with van der Waals surface area (Å²) in [5, 5.41) is 8.69. The fourth-order valence-electron chi connectivity index (χ4n) is 1.74. The van der Waals surface area contributed by atoms with Gasteiger partial charge in [-0.3, -0.25) is 4.40 Å². The number of benzene rings is 1. The highest BCUT2D eigenvalue weighted by atomic mass is 35.5. The molecular formula is C12H9ClN4. The Kier molecular flexibility index (Phi) is 2.23. The number of nitrogen functional groups attached to an aromatic ring is 1. The van der Waals surface area contributed by atoms with Gasteiger partial charge < -0.3 is 5.73 Å². The lowest BCUT2D eigenvalue weighted by Crippen LogP contribution is -1.94. The summed E-state index contributed by atoms with van der Waals surface area (Å²) in [6, 6.07) is 11.5. The van der Waals surface area contributed by atoms with Crippen LogP contribution in [0.1, 0.15) is 0 Å². The molecule has 0 aliphatic carbocycles. The van der Waals surface area contributed by atoms with Crippen LogP contribution < -0.4 is 5.73 Å². The third-order valence-corrected chi connectivity index (χ3v) is 2.93. The van der Waals surface area contributed by atoms with Crippen LogP contribution in [0.5, 0.6) is 0 Å². The van der Waals surface area contributed by atoms with Crippen LogP contribution in [0.3, 0.4) is 0 Å². The number of aromatic nitrogens is 3. The fourth-order valence-corrected chi connectivity index (χ4v) is 1.88. The number of nitrogens with zero attached hydrogens (tertiary/aromatic N) is 3. The number of nitrogens with two attached hydrogens (primary N) is 1. The predicted molar refractivity (Wildman–Crippen MR) is 67.8 cm³/mol. The summed E-state index contributed by atoms with van der Waals surface area (Å²) in [5.41, 5.74) is 7.87. The predicted octanol–water partition coefficient (Wildman–Crippen LogP) is 2.63. The first-order valence-corrected chi connectivity index (χ1v) is 5.49. The molecule has 3 aromatic rings. The monoisotopic (exact) mass is 244 g/mol. The lowest BCUT2D eigenvalue weighted by atomic mass is 10.2. The normalized spacial score (nSPS) is 10.9. The second kappa shape index (κ2) is 3.75. The van der Waals surface area contributed by atoms with Crippen molar-refractivity contribution in [3.05, 3.63) is 47.6 Å². The molecule has 0 fully saturated rings. The molecule has 2 aromatic heterocycles. The van der Waals surface area contributed by atoms with Crippen LogP contribution in [-0.2, 0) is 0 Å². The Hall–Kier alpha value is -2.07. The Morgan fingerprint density at radius 3 is 2.59 bits per heavy atom. The zero-order valence-corrected chi connectivity index (χ0v) is 9.59. The summed E-state index contributed by atoms with van der Waals surface area (Å²) in [5.74, 6) is 0.754. The van der Waals surface area contributed by atoms with Crippen LogP contribution in [0.4, 0.5) is 5.69 Å². The molecule has 0 saturated carbocycles. The van der Waals surface area contributed by atoms with Crippen LogP contribution in [0.2, 0.25) is 5.02 Å². The molecule has 0 atom stereocenters. The Labute approximate surface area is 103 Å². The van der Waals surface area contributed by atoms with Crippen molar-refractivity contribution < 1.29 is 0 Å². The van der Waals surface area contributed by atoms with E-state index in [1.165, 1.54) is 0 Å². The van der Waals surface area contributed by atoms with Crippen molar-refractivity contribution in [3.8, 4) is 11.4 Å². The standard InChI is InChI=1S/C12H9ClN4/c13-9-6-7-17-11(8-4-2-1-3-5-8)15-16-12(17)10(9)14/h1-7H,14H2. The summed E-state index contributed by atoms with van der Waals surface area (Å²) in [6.07, 6.45) is 1.82. The Morgan fingerprint density at radius 1 is 1.06 bits per heavy atom. The topological polar surface area (TPSA) is 56.2 Å². The van der Waals surface area contributed by atoms with Crippen molar-refractivity contribution in [3.63, 3.8) is 0 Å². The van der Waals surface area contributed by atoms with Gasteiger partial charge in [-0.05, 0) is 6.07 Å². The number of anilines is 1. The Bertz CT molecular complexity index is 676. The maximum absolute atomic E-state index is 5.94. The van der Waals surface area contributed by atoms with Gasteiger partial charge in [0, 0.05) is 11.8 Å². The van der Waals surface area contributed by atoms with Crippen molar-refractivity contribution >= 4 is 22.9 Å². The molecule has 4 nitrogen and oxygen atoms in total. The summed E-state index contributed by atoms with van der Waals surface area (Å²) < 4.78 is 1.83. The van der Waals surface area contributed by atoms with Crippen molar-refractivity contribution in [2.75, 3.05) is 5.73 Å². The number of fused-ring (bicyclic) bond motifs is 1. The van der Waals surface area contributed by atoms with Gasteiger partial charge >= 0.3 is 0 Å². The van der Waals surface area contributed by atoms with Gasteiger partial charge in [0.25, 0.3) is 0 Å². The molecule has 0 saturated heterocycles. The van der Waals surface area contributed by atoms with Gasteiger partial charge in [-0.1, -0.05) is 41.9 Å². The highest BCUT2D eigenvalue weighted by Crippen LogP contribution is 2.25. The molecule has 2 N–H and O–H groups in total. The second-order valence-electron chi connectivity index (χ2n) is 3.66. The van der Waals surface area contributed by atoms with E-state index in [2.05, 4.69) is 10.2 Å². The van der Waals surface area contributed by atoms with Crippen LogP contribution in [-0.4, -0.2) is 14.6 Å². The minimum Gasteiger partial charge on any atom is -0.394 e. The number of pyridine rings is 1. The minimum absolute atomic E-state index is 0.448. The Morgan fingerprint density at radius 2 is 1.82 bits per heavy atom. The molecule has 3 rings (SSSR count). The average Bonchev–Trinajstić information content (AvgIpc) is 2.79. The van der Waals surface area contributed by atoms with Gasteiger partial charge in [0.05, 0.1) is 10.7 Å². The largest absolute Gasteiger partial charge is 0.394 e. The Balaban J connectivity index is 2.30. The molecule has 0 aliphatic heterocycles. The summed E-state index contributed by atoms with van der Waals surface area (Å²) in [7, 11) is 0. The van der Waals surface area contributed by atoms with Crippen molar-refractivity contribution in [2.45, 2.75) is 0 Å². The minimum atomic E-state index is 0.448.